The summed E-state index contributed by atoms with van der Waals surface area (Å²) in [6.07, 6.45) is 4.05. The van der Waals surface area contributed by atoms with Gasteiger partial charge in [0.05, 0.1) is 10.5 Å². The van der Waals surface area contributed by atoms with E-state index >= 15 is 0 Å². The minimum absolute atomic E-state index is 0.137. The number of anilines is 1. The molecule has 1 aliphatic carbocycles. The molecule has 0 radical (unpaired) electrons. The third kappa shape index (κ3) is 2.93. The van der Waals surface area contributed by atoms with Gasteiger partial charge in [0.15, 0.2) is 0 Å². The van der Waals surface area contributed by atoms with Crippen LogP contribution in [-0.4, -0.2) is 28.2 Å². The molecule has 2 atom stereocenters. The Kier molecular flexibility index (Phi) is 4.58. The Balaban J connectivity index is 1.56. The number of rotatable bonds is 3. The highest BCUT2D eigenvalue weighted by molar-refractivity contribution is 6.39. The monoisotopic (exact) mass is 379 g/mol. The predicted molar refractivity (Wildman–Crippen MR) is 104 cm³/mol. The summed E-state index contributed by atoms with van der Waals surface area (Å²) in [5, 5.41) is 13.4. The summed E-state index contributed by atoms with van der Waals surface area (Å²) in [7, 11) is 0. The normalized spacial score (nSPS) is 23.3. The molecule has 2 aromatic rings. The Labute approximate surface area is 162 Å². The van der Waals surface area contributed by atoms with E-state index in [0.717, 1.165) is 31.2 Å². The van der Waals surface area contributed by atoms with E-state index in [0.29, 0.717) is 12.5 Å². The van der Waals surface area contributed by atoms with E-state index in [1.54, 1.807) is 4.90 Å². The van der Waals surface area contributed by atoms with E-state index in [1.165, 1.54) is 24.3 Å². The van der Waals surface area contributed by atoms with Crippen LogP contribution in [-0.2, 0) is 15.1 Å². The van der Waals surface area contributed by atoms with Crippen molar-refractivity contribution in [1.29, 1.82) is 0 Å². The molecule has 4 rings (SSSR count). The molecule has 2 aromatic carbocycles. The van der Waals surface area contributed by atoms with E-state index in [9.17, 15) is 19.7 Å². The number of hydrogen-bond acceptors (Lipinski definition) is 4. The highest BCUT2D eigenvalue weighted by Gasteiger charge is 2.57. The maximum atomic E-state index is 13.0. The molecule has 1 heterocycles. The van der Waals surface area contributed by atoms with Crippen LogP contribution in [0.25, 0.3) is 0 Å². The fourth-order valence-corrected chi connectivity index (χ4v) is 4.63. The number of amides is 2. The summed E-state index contributed by atoms with van der Waals surface area (Å²) < 4.78 is 0. The zero-order valence-electron chi connectivity index (χ0n) is 15.3. The zero-order valence-corrected chi connectivity index (χ0v) is 15.3. The first kappa shape index (κ1) is 18.2. The summed E-state index contributed by atoms with van der Waals surface area (Å²) in [4.78, 5) is 37.6. The highest BCUT2D eigenvalue weighted by Crippen LogP contribution is 2.53. The lowest BCUT2D eigenvalue weighted by atomic mass is 9.61. The summed E-state index contributed by atoms with van der Waals surface area (Å²) in [6, 6.07) is 15.5. The Morgan fingerprint density at radius 1 is 1.11 bits per heavy atom. The predicted octanol–water partition coefficient (Wildman–Crippen LogP) is 3.46. The molecule has 1 aliphatic heterocycles. The summed E-state index contributed by atoms with van der Waals surface area (Å²) in [6.45, 7) is 0.566. The number of nitro groups is 1. The van der Waals surface area contributed by atoms with Crippen LogP contribution in [0.1, 0.15) is 31.2 Å². The fraction of sp³-hybridized carbons (Fsp3) is 0.333. The van der Waals surface area contributed by atoms with Crippen molar-refractivity contribution in [3.63, 3.8) is 0 Å². The molecular weight excluding hydrogens is 358 g/mol. The molecule has 0 unspecified atom stereocenters. The summed E-state index contributed by atoms with van der Waals surface area (Å²) >= 11 is 0. The van der Waals surface area contributed by atoms with Crippen LogP contribution in [0.5, 0.6) is 0 Å². The van der Waals surface area contributed by atoms with E-state index in [1.807, 2.05) is 30.3 Å². The maximum Gasteiger partial charge on any atom is 0.313 e. The highest BCUT2D eigenvalue weighted by atomic mass is 16.6. The average Bonchev–Trinajstić information content (AvgIpc) is 2.69. The van der Waals surface area contributed by atoms with Crippen molar-refractivity contribution in [2.45, 2.75) is 31.2 Å². The number of non-ortho nitro benzene ring substituents is 1. The van der Waals surface area contributed by atoms with Crippen molar-refractivity contribution in [2.24, 2.45) is 5.92 Å². The molecule has 2 aliphatic rings. The third-order valence-electron chi connectivity index (χ3n) is 5.95. The molecule has 0 aromatic heterocycles. The van der Waals surface area contributed by atoms with Gasteiger partial charge in [-0.05, 0) is 24.5 Å². The van der Waals surface area contributed by atoms with E-state index in [-0.39, 0.29) is 11.4 Å². The number of fused-ring (bicyclic) bond motifs is 1. The lowest BCUT2D eigenvalue weighted by molar-refractivity contribution is -0.384. The van der Waals surface area contributed by atoms with Crippen LogP contribution in [0.2, 0.25) is 0 Å². The molecule has 1 saturated carbocycles. The molecular formula is C21H21N3O4. The number of benzene rings is 2. The van der Waals surface area contributed by atoms with Crippen LogP contribution >= 0.6 is 0 Å². The number of nitrogens with zero attached hydrogens (tertiary/aromatic N) is 2. The van der Waals surface area contributed by atoms with Crippen molar-refractivity contribution in [1.82, 2.24) is 4.90 Å². The molecule has 7 nitrogen and oxygen atoms in total. The molecule has 1 saturated heterocycles. The average molecular weight is 379 g/mol. The second-order valence-corrected chi connectivity index (χ2v) is 7.41. The fourth-order valence-electron chi connectivity index (χ4n) is 4.63. The minimum atomic E-state index is -0.764. The number of nitrogens with one attached hydrogen (secondary N) is 1. The van der Waals surface area contributed by atoms with Gasteiger partial charge in [-0.1, -0.05) is 49.2 Å². The molecule has 2 amide bonds. The maximum absolute atomic E-state index is 13.0. The number of carbonyl (C=O) groups is 2. The first-order valence-electron chi connectivity index (χ1n) is 9.45. The van der Waals surface area contributed by atoms with Gasteiger partial charge in [-0.2, -0.15) is 0 Å². The van der Waals surface area contributed by atoms with Crippen molar-refractivity contribution in [3.8, 4) is 0 Å². The van der Waals surface area contributed by atoms with E-state index in [4.69, 9.17) is 0 Å². The van der Waals surface area contributed by atoms with Crippen molar-refractivity contribution < 1.29 is 14.5 Å². The Hall–Kier alpha value is -3.22. The second-order valence-electron chi connectivity index (χ2n) is 7.41. The van der Waals surface area contributed by atoms with E-state index in [2.05, 4.69) is 5.32 Å². The second kappa shape index (κ2) is 7.07. The number of nitro benzene ring substituents is 1. The van der Waals surface area contributed by atoms with Gasteiger partial charge in [0.2, 0.25) is 0 Å². The molecule has 7 heteroatoms. The number of likely N-dealkylation sites (tertiary alicyclic amines) is 1. The summed E-state index contributed by atoms with van der Waals surface area (Å²) in [5.74, 6) is -0.994. The smallest absolute Gasteiger partial charge is 0.313 e. The first-order valence-corrected chi connectivity index (χ1v) is 9.45. The van der Waals surface area contributed by atoms with Gasteiger partial charge < -0.3 is 10.2 Å². The number of carbonyl (C=O) groups excluding carboxylic acids is 2. The van der Waals surface area contributed by atoms with Crippen LogP contribution < -0.4 is 5.32 Å². The quantitative estimate of drug-likeness (QED) is 0.502. The van der Waals surface area contributed by atoms with Gasteiger partial charge in [-0.25, -0.2) is 0 Å². The zero-order chi connectivity index (χ0) is 19.7. The van der Waals surface area contributed by atoms with Gasteiger partial charge in [-0.3, -0.25) is 19.7 Å². The third-order valence-corrected chi connectivity index (χ3v) is 5.95. The van der Waals surface area contributed by atoms with Crippen LogP contribution in [0, 0.1) is 16.0 Å². The Morgan fingerprint density at radius 3 is 2.61 bits per heavy atom. The van der Waals surface area contributed by atoms with Crippen LogP contribution in [0.4, 0.5) is 11.4 Å². The van der Waals surface area contributed by atoms with Gasteiger partial charge in [0, 0.05) is 30.3 Å². The molecule has 0 spiro atoms. The lowest BCUT2D eigenvalue weighted by Crippen LogP contribution is -2.69. The molecule has 2 fully saturated rings. The first-order chi connectivity index (χ1) is 13.5. The van der Waals surface area contributed by atoms with Crippen molar-refractivity contribution in [3.05, 3.63) is 70.3 Å². The van der Waals surface area contributed by atoms with Gasteiger partial charge in [-0.15, -0.1) is 0 Å². The topological polar surface area (TPSA) is 92.5 Å². The Morgan fingerprint density at radius 2 is 1.89 bits per heavy atom. The van der Waals surface area contributed by atoms with Crippen molar-refractivity contribution in [2.75, 3.05) is 11.9 Å². The standard InChI is InChI=1S/C21H21N3O4/c25-19(22-17-10-6-11-18(13-17)24(27)28)20(26)23-14-16-9-4-5-12-21(16,23)15-7-2-1-3-8-15/h1-3,6-8,10-11,13,16H,4-5,9,12,14H2,(H,22,25)/t16-,21+/m0/s1. The van der Waals surface area contributed by atoms with Crippen molar-refractivity contribution >= 4 is 23.2 Å². The number of hydrogen-bond donors (Lipinski definition) is 1. The van der Waals surface area contributed by atoms with Gasteiger partial charge in [0.25, 0.3) is 5.69 Å². The molecule has 144 valence electrons. The molecule has 1 N–H and O–H groups in total. The van der Waals surface area contributed by atoms with Crippen LogP contribution in [0.15, 0.2) is 54.6 Å². The SMILES string of the molecule is O=C(Nc1cccc([N+](=O)[O-])c1)C(=O)N1C[C@@H]2CCCC[C@@]21c1ccccc1. The summed E-state index contributed by atoms with van der Waals surface area (Å²) in [5.41, 5.74) is 0.753. The van der Waals surface area contributed by atoms with E-state index < -0.39 is 22.3 Å². The molecule has 0 bridgehead atoms. The molecule has 28 heavy (non-hydrogen) atoms. The van der Waals surface area contributed by atoms with Gasteiger partial charge in [0.1, 0.15) is 0 Å². The van der Waals surface area contributed by atoms with Crippen LogP contribution in [0.3, 0.4) is 0 Å². The van der Waals surface area contributed by atoms with Gasteiger partial charge >= 0.3 is 11.8 Å². The Bertz CT molecular complexity index is 930. The minimum Gasteiger partial charge on any atom is -0.324 e. The largest absolute Gasteiger partial charge is 0.324 e. The lowest BCUT2D eigenvalue weighted by Gasteiger charge is -2.61.